The van der Waals surface area contributed by atoms with Crippen LogP contribution in [-0.2, 0) is 9.59 Å². The van der Waals surface area contributed by atoms with Crippen LogP contribution in [0.3, 0.4) is 0 Å². The Bertz CT molecular complexity index is 1330. The Morgan fingerprint density at radius 3 is 2.24 bits per heavy atom. The van der Waals surface area contributed by atoms with Crippen LogP contribution in [0.15, 0.2) is 71.8 Å². The topological polar surface area (TPSA) is 125 Å². The number of esters is 1. The zero-order valence-corrected chi connectivity index (χ0v) is 21.1. The molecule has 0 saturated carbocycles. The van der Waals surface area contributed by atoms with Crippen LogP contribution in [0.4, 0.5) is 0 Å². The maximum Gasteiger partial charge on any atom is 0.343 e. The first kappa shape index (κ1) is 26.2. The molecule has 1 fully saturated rings. The van der Waals surface area contributed by atoms with Gasteiger partial charge in [0.25, 0.3) is 5.91 Å². The molecular formula is C28H27N3O7. The van der Waals surface area contributed by atoms with Crippen molar-refractivity contribution in [3.8, 4) is 23.0 Å². The lowest BCUT2D eigenvalue weighted by atomic mass is 9.88. The van der Waals surface area contributed by atoms with Crippen LogP contribution in [0.2, 0.25) is 0 Å². The SMILES string of the molecule is COc1cc(C(=O)Oc2ccccc2/C=N\NC(=O)C2C(=O)NCC2c2ccccc2)cc(OC)c1OC. The fourth-order valence-corrected chi connectivity index (χ4v) is 4.21. The molecule has 38 heavy (non-hydrogen) atoms. The summed E-state index contributed by atoms with van der Waals surface area (Å²) in [5, 5.41) is 6.76. The summed E-state index contributed by atoms with van der Waals surface area (Å²) >= 11 is 0. The summed E-state index contributed by atoms with van der Waals surface area (Å²) in [6.45, 7) is 0.365. The molecule has 10 nitrogen and oxygen atoms in total. The molecule has 196 valence electrons. The molecule has 2 amide bonds. The summed E-state index contributed by atoms with van der Waals surface area (Å²) in [6, 6.07) is 19.0. The van der Waals surface area contributed by atoms with E-state index in [1.165, 1.54) is 39.7 Å². The van der Waals surface area contributed by atoms with Gasteiger partial charge in [-0.25, -0.2) is 10.2 Å². The summed E-state index contributed by atoms with van der Waals surface area (Å²) in [7, 11) is 4.36. The Morgan fingerprint density at radius 2 is 1.58 bits per heavy atom. The van der Waals surface area contributed by atoms with Gasteiger partial charge in [-0.1, -0.05) is 42.5 Å². The lowest BCUT2D eigenvalue weighted by Gasteiger charge is -2.15. The number of rotatable bonds is 9. The number of nitrogens with one attached hydrogen (secondary N) is 2. The number of hydrogen-bond donors (Lipinski definition) is 2. The molecule has 1 aliphatic rings. The Kier molecular flexibility index (Phi) is 8.22. The van der Waals surface area contributed by atoms with Crippen molar-refractivity contribution in [2.45, 2.75) is 5.92 Å². The average Bonchev–Trinajstić information content (AvgIpc) is 3.34. The minimum absolute atomic E-state index is 0.179. The van der Waals surface area contributed by atoms with Crippen LogP contribution in [0.25, 0.3) is 0 Å². The smallest absolute Gasteiger partial charge is 0.343 e. The zero-order chi connectivity index (χ0) is 27.1. The Morgan fingerprint density at radius 1 is 0.921 bits per heavy atom. The minimum Gasteiger partial charge on any atom is -0.493 e. The third-order valence-corrected chi connectivity index (χ3v) is 6.09. The Labute approximate surface area is 219 Å². The van der Waals surface area contributed by atoms with E-state index in [2.05, 4.69) is 15.8 Å². The number of methoxy groups -OCH3 is 3. The largest absolute Gasteiger partial charge is 0.493 e. The van der Waals surface area contributed by atoms with Gasteiger partial charge in [0.15, 0.2) is 11.5 Å². The lowest BCUT2D eigenvalue weighted by Crippen LogP contribution is -2.34. The molecule has 3 aromatic rings. The van der Waals surface area contributed by atoms with Gasteiger partial charge in [0.1, 0.15) is 11.7 Å². The van der Waals surface area contributed by atoms with Crippen molar-refractivity contribution in [3.63, 3.8) is 0 Å². The number of nitrogens with zero attached hydrogens (tertiary/aromatic N) is 1. The molecule has 0 bridgehead atoms. The highest BCUT2D eigenvalue weighted by Gasteiger charge is 2.40. The summed E-state index contributed by atoms with van der Waals surface area (Å²) in [6.07, 6.45) is 1.35. The first-order valence-electron chi connectivity index (χ1n) is 11.7. The number of para-hydroxylation sites is 1. The van der Waals surface area contributed by atoms with Crippen molar-refractivity contribution in [1.29, 1.82) is 0 Å². The third-order valence-electron chi connectivity index (χ3n) is 6.09. The number of ether oxygens (including phenoxy) is 4. The molecule has 2 N–H and O–H groups in total. The van der Waals surface area contributed by atoms with E-state index < -0.39 is 17.8 Å². The Hall–Kier alpha value is -4.86. The van der Waals surface area contributed by atoms with Gasteiger partial charge in [-0.05, 0) is 29.8 Å². The van der Waals surface area contributed by atoms with Gasteiger partial charge >= 0.3 is 5.97 Å². The van der Waals surface area contributed by atoms with Crippen molar-refractivity contribution >= 4 is 24.0 Å². The molecule has 4 rings (SSSR count). The van der Waals surface area contributed by atoms with Gasteiger partial charge in [0.2, 0.25) is 11.7 Å². The summed E-state index contributed by atoms with van der Waals surface area (Å²) in [4.78, 5) is 38.1. The van der Waals surface area contributed by atoms with Gasteiger partial charge in [-0.15, -0.1) is 0 Å². The van der Waals surface area contributed by atoms with Crippen molar-refractivity contribution in [1.82, 2.24) is 10.7 Å². The van der Waals surface area contributed by atoms with Crippen molar-refractivity contribution < 1.29 is 33.3 Å². The minimum atomic E-state index is -0.914. The van der Waals surface area contributed by atoms with Gasteiger partial charge in [0, 0.05) is 18.0 Å². The highest BCUT2D eigenvalue weighted by molar-refractivity contribution is 6.03. The molecule has 10 heteroatoms. The lowest BCUT2D eigenvalue weighted by molar-refractivity contribution is -0.133. The molecule has 1 heterocycles. The monoisotopic (exact) mass is 517 g/mol. The van der Waals surface area contributed by atoms with E-state index >= 15 is 0 Å². The van der Waals surface area contributed by atoms with Crippen LogP contribution in [0.5, 0.6) is 23.0 Å². The summed E-state index contributed by atoms with van der Waals surface area (Å²) in [5.74, 6) is -1.59. The second kappa shape index (κ2) is 11.9. The second-order valence-electron chi connectivity index (χ2n) is 8.32. The molecule has 2 unspecified atom stereocenters. The van der Waals surface area contributed by atoms with E-state index in [1.54, 1.807) is 24.3 Å². The van der Waals surface area contributed by atoms with E-state index in [-0.39, 0.29) is 23.1 Å². The van der Waals surface area contributed by atoms with Gasteiger partial charge in [-0.3, -0.25) is 9.59 Å². The van der Waals surface area contributed by atoms with Crippen LogP contribution in [0, 0.1) is 5.92 Å². The summed E-state index contributed by atoms with van der Waals surface area (Å²) < 4.78 is 21.5. The molecule has 2 atom stereocenters. The van der Waals surface area contributed by atoms with Crippen molar-refractivity contribution in [3.05, 3.63) is 83.4 Å². The van der Waals surface area contributed by atoms with E-state index in [0.29, 0.717) is 29.4 Å². The first-order chi connectivity index (χ1) is 18.5. The van der Waals surface area contributed by atoms with Gasteiger partial charge < -0.3 is 24.3 Å². The molecule has 1 saturated heterocycles. The molecular weight excluding hydrogens is 490 g/mol. The van der Waals surface area contributed by atoms with Gasteiger partial charge in [-0.2, -0.15) is 5.10 Å². The predicted octanol–water partition coefficient (Wildman–Crippen LogP) is 2.91. The normalized spacial score (nSPS) is 16.6. The second-order valence-corrected chi connectivity index (χ2v) is 8.32. The fourth-order valence-electron chi connectivity index (χ4n) is 4.21. The van der Waals surface area contributed by atoms with E-state index in [1.807, 2.05) is 30.3 Å². The standard InChI is InChI=1S/C28H27N3O7/c1-35-22-13-19(14-23(36-2)25(22)37-3)28(34)38-21-12-8-7-11-18(21)15-30-31-27(33)24-20(16-29-26(24)32)17-9-5-4-6-10-17/h4-15,20,24H,16H2,1-3H3,(H,29,32)(H,31,33)/b30-15-. The molecule has 0 radical (unpaired) electrons. The maximum atomic E-state index is 12.9. The molecule has 3 aromatic carbocycles. The molecule has 0 aromatic heterocycles. The highest BCUT2D eigenvalue weighted by Crippen LogP contribution is 2.38. The number of benzene rings is 3. The van der Waals surface area contributed by atoms with Crippen LogP contribution >= 0.6 is 0 Å². The van der Waals surface area contributed by atoms with Crippen LogP contribution < -0.4 is 29.7 Å². The van der Waals surface area contributed by atoms with Crippen LogP contribution in [0.1, 0.15) is 27.4 Å². The Balaban J connectivity index is 1.48. The zero-order valence-electron chi connectivity index (χ0n) is 21.1. The van der Waals surface area contributed by atoms with E-state index in [4.69, 9.17) is 18.9 Å². The summed E-state index contributed by atoms with van der Waals surface area (Å²) in [5.41, 5.74) is 3.94. The molecule has 0 spiro atoms. The quantitative estimate of drug-likeness (QED) is 0.147. The van der Waals surface area contributed by atoms with E-state index in [9.17, 15) is 14.4 Å². The number of hydrogen-bond acceptors (Lipinski definition) is 8. The number of amides is 2. The number of hydrazone groups is 1. The maximum absolute atomic E-state index is 12.9. The molecule has 0 aliphatic carbocycles. The van der Waals surface area contributed by atoms with Crippen molar-refractivity contribution in [2.24, 2.45) is 11.0 Å². The number of carbonyl (C=O) groups is 3. The fraction of sp³-hybridized carbons (Fsp3) is 0.214. The van der Waals surface area contributed by atoms with E-state index in [0.717, 1.165) is 5.56 Å². The number of carbonyl (C=O) groups excluding carboxylic acids is 3. The molecule has 1 aliphatic heterocycles. The predicted molar refractivity (Wildman–Crippen MR) is 139 cm³/mol. The third kappa shape index (κ3) is 5.59. The average molecular weight is 518 g/mol. The van der Waals surface area contributed by atoms with Crippen LogP contribution in [-0.4, -0.2) is 51.9 Å². The first-order valence-corrected chi connectivity index (χ1v) is 11.7. The highest BCUT2D eigenvalue weighted by atomic mass is 16.5. The van der Waals surface area contributed by atoms with Crippen molar-refractivity contribution in [2.75, 3.05) is 27.9 Å². The van der Waals surface area contributed by atoms with Gasteiger partial charge in [0.05, 0.1) is 33.1 Å².